The van der Waals surface area contributed by atoms with Crippen molar-refractivity contribution in [3.8, 4) is 5.69 Å². The minimum absolute atomic E-state index is 0.0296. The van der Waals surface area contributed by atoms with Crippen LogP contribution in [0.3, 0.4) is 0 Å². The number of nitrogens with one attached hydrogen (secondary N) is 1. The molecule has 10 nitrogen and oxygen atoms in total. The van der Waals surface area contributed by atoms with Gasteiger partial charge in [0.05, 0.1) is 32.0 Å². The number of nitro benzene ring substituents is 1. The molecule has 0 spiro atoms. The van der Waals surface area contributed by atoms with Crippen molar-refractivity contribution in [3.05, 3.63) is 74.0 Å². The summed E-state index contributed by atoms with van der Waals surface area (Å²) in [5.74, 6) is -0.999. The smallest absolute Gasteiger partial charge is 0.276 e. The molecule has 3 aromatic rings. The molecule has 3 rings (SSSR count). The van der Waals surface area contributed by atoms with Gasteiger partial charge in [0.25, 0.3) is 11.6 Å². The number of likely N-dealkylation sites (N-methyl/N-ethyl adjacent to an activating group) is 1. The molecule has 0 aliphatic heterocycles. The highest BCUT2D eigenvalue weighted by Gasteiger charge is 2.24. The molecular weight excluding hydrogens is 459 g/mol. The van der Waals surface area contributed by atoms with E-state index >= 15 is 0 Å². The van der Waals surface area contributed by atoms with Crippen LogP contribution in [0.1, 0.15) is 23.1 Å². The summed E-state index contributed by atoms with van der Waals surface area (Å²) in [4.78, 5) is 37.3. The zero-order valence-corrected chi connectivity index (χ0v) is 18.6. The number of non-ortho nitro benzene ring substituents is 1. The fourth-order valence-electron chi connectivity index (χ4n) is 2.96. The maximum absolute atomic E-state index is 13.0. The third-order valence-electron chi connectivity index (χ3n) is 4.61. The number of nitrogens with zero attached hydrogens (tertiary/aromatic N) is 5. The minimum atomic E-state index is -0.523. The van der Waals surface area contributed by atoms with Gasteiger partial charge in [-0.05, 0) is 32.0 Å². The van der Waals surface area contributed by atoms with Crippen LogP contribution in [0.4, 0.5) is 11.4 Å². The number of para-hydroxylation sites is 1. The highest BCUT2D eigenvalue weighted by molar-refractivity contribution is 6.39. The average molecular weight is 477 g/mol. The Kier molecular flexibility index (Phi) is 7.06. The second kappa shape index (κ2) is 9.75. The first-order valence-electron chi connectivity index (χ1n) is 9.43. The van der Waals surface area contributed by atoms with Gasteiger partial charge in [0.15, 0.2) is 5.69 Å². The minimum Gasteiger partial charge on any atom is -0.328 e. The summed E-state index contributed by atoms with van der Waals surface area (Å²) in [6.45, 7) is 3.29. The Morgan fingerprint density at radius 2 is 1.84 bits per heavy atom. The van der Waals surface area contributed by atoms with Gasteiger partial charge in [-0.3, -0.25) is 19.7 Å². The molecule has 0 saturated carbocycles. The molecule has 1 aromatic heterocycles. The van der Waals surface area contributed by atoms with E-state index in [4.69, 9.17) is 23.2 Å². The number of benzene rings is 2. The van der Waals surface area contributed by atoms with Crippen LogP contribution in [-0.4, -0.2) is 49.7 Å². The second-order valence-electron chi connectivity index (χ2n) is 6.68. The standard InChI is InChI=1S/C20H18Cl2N6O4/c1-3-26(11-17(29)23-19-15(21)8-5-9-16(19)22)20(30)18-12(2)27(25-24-18)13-6-4-7-14(10-13)28(31)32/h4-10H,3,11H2,1-2H3,(H,23,29). The van der Waals surface area contributed by atoms with E-state index in [1.54, 1.807) is 38.1 Å². The summed E-state index contributed by atoms with van der Waals surface area (Å²) < 4.78 is 1.33. The van der Waals surface area contributed by atoms with Gasteiger partial charge in [0, 0.05) is 18.7 Å². The number of halogens is 2. The average Bonchev–Trinajstić information content (AvgIpc) is 3.15. The van der Waals surface area contributed by atoms with Crippen LogP contribution in [0, 0.1) is 17.0 Å². The van der Waals surface area contributed by atoms with E-state index in [1.807, 2.05) is 0 Å². The maximum atomic E-state index is 13.0. The fourth-order valence-corrected chi connectivity index (χ4v) is 3.45. The molecule has 0 atom stereocenters. The van der Waals surface area contributed by atoms with E-state index in [9.17, 15) is 19.7 Å². The second-order valence-corrected chi connectivity index (χ2v) is 7.49. The lowest BCUT2D eigenvalue weighted by Gasteiger charge is -2.20. The van der Waals surface area contributed by atoms with Crippen LogP contribution in [0.2, 0.25) is 10.0 Å². The first kappa shape index (κ1) is 23.2. The van der Waals surface area contributed by atoms with Crippen LogP contribution in [0.25, 0.3) is 5.69 Å². The molecule has 0 unspecified atom stereocenters. The van der Waals surface area contributed by atoms with Crippen LogP contribution in [0.5, 0.6) is 0 Å². The molecule has 0 radical (unpaired) electrons. The molecule has 2 aromatic carbocycles. The summed E-state index contributed by atoms with van der Waals surface area (Å²) in [6, 6.07) is 10.6. The van der Waals surface area contributed by atoms with Crippen molar-refractivity contribution in [2.45, 2.75) is 13.8 Å². The number of hydrogen-bond acceptors (Lipinski definition) is 6. The normalized spacial score (nSPS) is 10.6. The third kappa shape index (κ3) is 4.87. The molecule has 0 bridgehead atoms. The summed E-state index contributed by atoms with van der Waals surface area (Å²) >= 11 is 12.1. The molecule has 1 N–H and O–H groups in total. The molecule has 0 aliphatic rings. The van der Waals surface area contributed by atoms with Gasteiger partial charge in [-0.25, -0.2) is 4.68 Å². The lowest BCUT2D eigenvalue weighted by Crippen LogP contribution is -2.38. The van der Waals surface area contributed by atoms with Crippen molar-refractivity contribution < 1.29 is 14.5 Å². The first-order valence-corrected chi connectivity index (χ1v) is 10.2. The third-order valence-corrected chi connectivity index (χ3v) is 5.24. The largest absolute Gasteiger partial charge is 0.328 e. The van der Waals surface area contributed by atoms with Gasteiger partial charge in [-0.1, -0.05) is 40.5 Å². The molecule has 0 aliphatic carbocycles. The van der Waals surface area contributed by atoms with Gasteiger partial charge in [-0.2, -0.15) is 0 Å². The summed E-state index contributed by atoms with van der Waals surface area (Å²) in [5.41, 5.74) is 0.940. The highest BCUT2D eigenvalue weighted by atomic mass is 35.5. The van der Waals surface area contributed by atoms with Crippen molar-refractivity contribution in [1.82, 2.24) is 19.9 Å². The summed E-state index contributed by atoms with van der Waals surface area (Å²) in [5, 5.41) is 22.1. The molecule has 32 heavy (non-hydrogen) atoms. The van der Waals surface area contributed by atoms with Crippen molar-refractivity contribution in [1.29, 1.82) is 0 Å². The number of rotatable bonds is 7. The predicted molar refractivity (Wildman–Crippen MR) is 119 cm³/mol. The van der Waals surface area contributed by atoms with E-state index in [-0.39, 0.29) is 40.2 Å². The molecule has 166 valence electrons. The van der Waals surface area contributed by atoms with Gasteiger partial charge >= 0.3 is 0 Å². The van der Waals surface area contributed by atoms with E-state index in [0.717, 1.165) is 0 Å². The van der Waals surface area contributed by atoms with Crippen LogP contribution >= 0.6 is 23.2 Å². The Balaban J connectivity index is 1.79. The number of nitro groups is 1. The van der Waals surface area contributed by atoms with Gasteiger partial charge < -0.3 is 10.2 Å². The quantitative estimate of drug-likeness (QED) is 0.407. The topological polar surface area (TPSA) is 123 Å². The molecule has 12 heteroatoms. The van der Waals surface area contributed by atoms with E-state index < -0.39 is 16.7 Å². The number of carbonyl (C=O) groups is 2. The van der Waals surface area contributed by atoms with Crippen LogP contribution < -0.4 is 5.32 Å². The number of aromatic nitrogens is 3. The van der Waals surface area contributed by atoms with Crippen molar-refractivity contribution in [2.24, 2.45) is 0 Å². The lowest BCUT2D eigenvalue weighted by molar-refractivity contribution is -0.384. The maximum Gasteiger partial charge on any atom is 0.276 e. The number of hydrogen-bond donors (Lipinski definition) is 1. The molecule has 0 saturated heterocycles. The first-order chi connectivity index (χ1) is 15.2. The van der Waals surface area contributed by atoms with E-state index in [1.165, 1.54) is 27.8 Å². The van der Waals surface area contributed by atoms with E-state index in [2.05, 4.69) is 15.6 Å². The number of amides is 2. The Labute approximate surface area is 192 Å². The van der Waals surface area contributed by atoms with Crippen molar-refractivity contribution in [2.75, 3.05) is 18.4 Å². The molecule has 1 heterocycles. The zero-order chi connectivity index (χ0) is 23.4. The van der Waals surface area contributed by atoms with Crippen molar-refractivity contribution >= 4 is 46.4 Å². The fraction of sp³-hybridized carbons (Fsp3) is 0.200. The SMILES string of the molecule is CCN(CC(=O)Nc1c(Cl)cccc1Cl)C(=O)c1nnn(-c2cccc([N+](=O)[O-])c2)c1C. The Bertz CT molecular complexity index is 1180. The summed E-state index contributed by atoms with van der Waals surface area (Å²) in [7, 11) is 0. The van der Waals surface area contributed by atoms with Crippen molar-refractivity contribution in [3.63, 3.8) is 0 Å². The summed E-state index contributed by atoms with van der Waals surface area (Å²) in [6.07, 6.45) is 0. The van der Waals surface area contributed by atoms with Crippen LogP contribution in [0.15, 0.2) is 42.5 Å². The Hall–Kier alpha value is -3.50. The molecule has 2 amide bonds. The molecule has 0 fully saturated rings. The molecular formula is C20H18Cl2N6O4. The van der Waals surface area contributed by atoms with Gasteiger partial charge in [-0.15, -0.1) is 5.10 Å². The van der Waals surface area contributed by atoms with Gasteiger partial charge in [0.2, 0.25) is 5.91 Å². The highest BCUT2D eigenvalue weighted by Crippen LogP contribution is 2.29. The zero-order valence-electron chi connectivity index (χ0n) is 17.1. The Morgan fingerprint density at radius 3 is 2.47 bits per heavy atom. The number of carbonyl (C=O) groups excluding carboxylic acids is 2. The Morgan fingerprint density at radius 1 is 1.19 bits per heavy atom. The van der Waals surface area contributed by atoms with E-state index in [0.29, 0.717) is 11.4 Å². The lowest BCUT2D eigenvalue weighted by atomic mass is 10.2. The monoisotopic (exact) mass is 476 g/mol. The number of anilines is 1. The van der Waals surface area contributed by atoms with Gasteiger partial charge in [0.1, 0.15) is 6.54 Å². The van der Waals surface area contributed by atoms with Crippen LogP contribution in [-0.2, 0) is 4.79 Å². The predicted octanol–water partition coefficient (Wildman–Crippen LogP) is 3.89.